The van der Waals surface area contributed by atoms with E-state index in [0.717, 1.165) is 24.5 Å². The van der Waals surface area contributed by atoms with Gasteiger partial charge in [0.05, 0.1) is 26.5 Å². The molecule has 1 fully saturated rings. The number of anilines is 4. The Hall–Kier alpha value is -3.85. The van der Waals surface area contributed by atoms with Crippen LogP contribution in [0.4, 0.5) is 27.7 Å². The molecule has 1 aromatic heterocycles. The van der Waals surface area contributed by atoms with Gasteiger partial charge in [0.25, 0.3) is 0 Å². The molecule has 4 N–H and O–H groups in total. The molecule has 0 unspecified atom stereocenters. The van der Waals surface area contributed by atoms with Crippen molar-refractivity contribution in [1.82, 2.24) is 9.97 Å². The number of morpholine rings is 1. The van der Waals surface area contributed by atoms with Crippen molar-refractivity contribution in [2.75, 3.05) is 54.7 Å². The quantitative estimate of drug-likeness (QED) is 0.543. The van der Waals surface area contributed by atoms with Crippen molar-refractivity contribution >= 4 is 28.9 Å². The Labute approximate surface area is 180 Å². The van der Waals surface area contributed by atoms with Gasteiger partial charge in [-0.05, 0) is 48.5 Å². The summed E-state index contributed by atoms with van der Waals surface area (Å²) in [6, 6.07) is 13.9. The number of rotatable bonds is 5. The van der Waals surface area contributed by atoms with Gasteiger partial charge in [-0.25, -0.2) is 14.8 Å². The fourth-order valence-corrected chi connectivity index (χ4v) is 3.21. The van der Waals surface area contributed by atoms with Gasteiger partial charge >= 0.3 is 6.03 Å². The molecule has 0 saturated carbocycles. The summed E-state index contributed by atoms with van der Waals surface area (Å²) >= 11 is 0. The van der Waals surface area contributed by atoms with E-state index in [1.165, 1.54) is 0 Å². The Bertz CT molecular complexity index is 1030. The summed E-state index contributed by atoms with van der Waals surface area (Å²) in [5.74, 6) is 1.96. The lowest BCUT2D eigenvalue weighted by molar-refractivity contribution is 0.122. The molecule has 2 aromatic carbocycles. The molecule has 31 heavy (non-hydrogen) atoms. The SMILES string of the molecule is COc1cnc(-c2ccc(NC(=O)Nc3ccc(N)cc3)cc2)nc1N1CCOCC1. The van der Waals surface area contributed by atoms with Crippen molar-refractivity contribution in [2.45, 2.75) is 0 Å². The second-order valence-electron chi connectivity index (χ2n) is 6.96. The van der Waals surface area contributed by atoms with Crippen LogP contribution in [0.2, 0.25) is 0 Å². The molecule has 2 amide bonds. The third-order valence-electron chi connectivity index (χ3n) is 4.84. The molecular weight excluding hydrogens is 396 g/mol. The van der Waals surface area contributed by atoms with Crippen molar-refractivity contribution in [3.8, 4) is 17.1 Å². The van der Waals surface area contributed by atoms with E-state index in [1.807, 2.05) is 12.1 Å². The Kier molecular flexibility index (Phi) is 6.13. The molecule has 1 aliphatic heterocycles. The number of nitrogens with two attached hydrogens (primary N) is 1. The van der Waals surface area contributed by atoms with Crippen LogP contribution in [0, 0.1) is 0 Å². The number of hydrogen-bond donors (Lipinski definition) is 3. The lowest BCUT2D eigenvalue weighted by Crippen LogP contribution is -2.37. The third-order valence-corrected chi connectivity index (χ3v) is 4.84. The average molecular weight is 420 g/mol. The molecule has 0 spiro atoms. The molecule has 0 aliphatic carbocycles. The van der Waals surface area contributed by atoms with E-state index in [0.29, 0.717) is 41.8 Å². The number of nitrogens with one attached hydrogen (secondary N) is 2. The Balaban J connectivity index is 1.46. The normalized spacial score (nSPS) is 13.5. The molecule has 160 valence electrons. The number of methoxy groups -OCH3 is 1. The number of benzene rings is 2. The summed E-state index contributed by atoms with van der Waals surface area (Å²) in [5, 5.41) is 5.56. The molecule has 0 atom stereocenters. The predicted octanol–water partition coefficient (Wildman–Crippen LogP) is 3.22. The van der Waals surface area contributed by atoms with Gasteiger partial charge in [0.15, 0.2) is 17.4 Å². The topological polar surface area (TPSA) is 115 Å². The largest absolute Gasteiger partial charge is 0.491 e. The van der Waals surface area contributed by atoms with E-state index in [1.54, 1.807) is 49.7 Å². The molecule has 3 aromatic rings. The van der Waals surface area contributed by atoms with Crippen LogP contribution < -0.4 is 26.0 Å². The van der Waals surface area contributed by atoms with E-state index >= 15 is 0 Å². The van der Waals surface area contributed by atoms with Crippen LogP contribution in [0.15, 0.2) is 54.7 Å². The molecule has 4 rings (SSSR count). The minimum Gasteiger partial charge on any atom is -0.491 e. The summed E-state index contributed by atoms with van der Waals surface area (Å²) in [7, 11) is 1.61. The Morgan fingerprint density at radius 2 is 1.65 bits per heavy atom. The summed E-state index contributed by atoms with van der Waals surface area (Å²) in [6.45, 7) is 2.81. The van der Waals surface area contributed by atoms with Gasteiger partial charge in [0, 0.05) is 35.7 Å². The van der Waals surface area contributed by atoms with Crippen LogP contribution in [0.3, 0.4) is 0 Å². The fraction of sp³-hybridized carbons (Fsp3) is 0.227. The maximum absolute atomic E-state index is 12.2. The van der Waals surface area contributed by atoms with Crippen molar-refractivity contribution < 1.29 is 14.3 Å². The number of carbonyl (C=O) groups excluding carboxylic acids is 1. The first-order chi connectivity index (χ1) is 15.1. The van der Waals surface area contributed by atoms with Crippen LogP contribution >= 0.6 is 0 Å². The third kappa shape index (κ3) is 5.01. The zero-order chi connectivity index (χ0) is 21.6. The van der Waals surface area contributed by atoms with Gasteiger partial charge in [-0.15, -0.1) is 0 Å². The number of amides is 2. The molecule has 0 radical (unpaired) electrons. The molecular formula is C22H24N6O3. The number of hydrogen-bond acceptors (Lipinski definition) is 7. The summed E-state index contributed by atoms with van der Waals surface area (Å²) in [5.41, 5.74) is 8.44. The Morgan fingerprint density at radius 1 is 1.03 bits per heavy atom. The van der Waals surface area contributed by atoms with Crippen LogP contribution in [0.1, 0.15) is 0 Å². The van der Waals surface area contributed by atoms with Crippen molar-refractivity contribution in [1.29, 1.82) is 0 Å². The number of nitrogen functional groups attached to an aromatic ring is 1. The van der Waals surface area contributed by atoms with Gasteiger partial charge in [-0.2, -0.15) is 0 Å². The van der Waals surface area contributed by atoms with E-state index in [-0.39, 0.29) is 6.03 Å². The smallest absolute Gasteiger partial charge is 0.323 e. The summed E-state index contributed by atoms with van der Waals surface area (Å²) in [6.07, 6.45) is 1.68. The maximum atomic E-state index is 12.2. The van der Waals surface area contributed by atoms with Crippen LogP contribution in [0.25, 0.3) is 11.4 Å². The number of aromatic nitrogens is 2. The lowest BCUT2D eigenvalue weighted by atomic mass is 10.2. The number of carbonyl (C=O) groups is 1. The lowest BCUT2D eigenvalue weighted by Gasteiger charge is -2.28. The van der Waals surface area contributed by atoms with E-state index < -0.39 is 0 Å². The highest BCUT2D eigenvalue weighted by Crippen LogP contribution is 2.29. The molecule has 9 heteroatoms. The maximum Gasteiger partial charge on any atom is 0.323 e. The minimum atomic E-state index is -0.340. The highest BCUT2D eigenvalue weighted by molar-refractivity contribution is 5.99. The van der Waals surface area contributed by atoms with Crippen LogP contribution in [-0.4, -0.2) is 49.4 Å². The van der Waals surface area contributed by atoms with Crippen LogP contribution in [0.5, 0.6) is 5.75 Å². The van der Waals surface area contributed by atoms with Crippen LogP contribution in [-0.2, 0) is 4.74 Å². The van der Waals surface area contributed by atoms with Gasteiger partial charge in [0.1, 0.15) is 0 Å². The summed E-state index contributed by atoms with van der Waals surface area (Å²) < 4.78 is 10.9. The van der Waals surface area contributed by atoms with Crippen molar-refractivity contribution in [3.63, 3.8) is 0 Å². The zero-order valence-corrected chi connectivity index (χ0v) is 17.2. The zero-order valence-electron chi connectivity index (χ0n) is 17.2. The highest BCUT2D eigenvalue weighted by Gasteiger charge is 2.18. The second kappa shape index (κ2) is 9.31. The van der Waals surface area contributed by atoms with Gasteiger partial charge in [-0.1, -0.05) is 0 Å². The highest BCUT2D eigenvalue weighted by atomic mass is 16.5. The molecule has 1 saturated heterocycles. The van der Waals surface area contributed by atoms with E-state index in [9.17, 15) is 4.79 Å². The van der Waals surface area contributed by atoms with Gasteiger partial charge < -0.3 is 30.7 Å². The first-order valence-corrected chi connectivity index (χ1v) is 9.90. The first kappa shape index (κ1) is 20.4. The Morgan fingerprint density at radius 3 is 2.26 bits per heavy atom. The predicted molar refractivity (Wildman–Crippen MR) is 121 cm³/mol. The molecule has 9 nitrogen and oxygen atoms in total. The molecule has 0 bridgehead atoms. The van der Waals surface area contributed by atoms with E-state index in [4.69, 9.17) is 20.2 Å². The van der Waals surface area contributed by atoms with Crippen molar-refractivity contribution in [2.24, 2.45) is 0 Å². The summed E-state index contributed by atoms with van der Waals surface area (Å²) in [4.78, 5) is 23.5. The van der Waals surface area contributed by atoms with Gasteiger partial charge in [0.2, 0.25) is 0 Å². The average Bonchev–Trinajstić information content (AvgIpc) is 2.81. The minimum absolute atomic E-state index is 0.340. The number of urea groups is 1. The van der Waals surface area contributed by atoms with E-state index in [2.05, 4.69) is 20.5 Å². The monoisotopic (exact) mass is 420 g/mol. The standard InChI is InChI=1S/C22H24N6O3/c1-30-19-14-24-20(27-21(19)28-10-12-31-13-11-28)15-2-6-17(7-3-15)25-22(29)26-18-8-4-16(23)5-9-18/h2-9,14H,10-13,23H2,1H3,(H2,25,26,29). The molecule has 1 aliphatic rings. The second-order valence-corrected chi connectivity index (χ2v) is 6.96. The fourth-order valence-electron chi connectivity index (χ4n) is 3.21. The number of ether oxygens (including phenoxy) is 2. The van der Waals surface area contributed by atoms with Gasteiger partial charge in [-0.3, -0.25) is 0 Å². The molecule has 2 heterocycles. The first-order valence-electron chi connectivity index (χ1n) is 9.90. The number of nitrogens with zero attached hydrogens (tertiary/aromatic N) is 3. The van der Waals surface area contributed by atoms with Crippen molar-refractivity contribution in [3.05, 3.63) is 54.7 Å².